The number of piperazine rings is 1. The van der Waals surface area contributed by atoms with E-state index in [0.717, 1.165) is 60.8 Å². The van der Waals surface area contributed by atoms with Crippen LogP contribution < -0.4 is 19.9 Å². The van der Waals surface area contributed by atoms with Crippen LogP contribution in [-0.4, -0.2) is 55.7 Å². The van der Waals surface area contributed by atoms with E-state index in [9.17, 15) is 4.79 Å². The molecule has 1 aliphatic rings. The Bertz CT molecular complexity index is 1140. The van der Waals surface area contributed by atoms with Crippen molar-refractivity contribution in [1.29, 1.82) is 0 Å². The van der Waals surface area contributed by atoms with Gasteiger partial charge in [0.15, 0.2) is 10.9 Å². The summed E-state index contributed by atoms with van der Waals surface area (Å²) in [4.78, 5) is 26.5. The van der Waals surface area contributed by atoms with Crippen LogP contribution in [0, 0.1) is 5.92 Å². The van der Waals surface area contributed by atoms with E-state index in [0.29, 0.717) is 24.0 Å². The van der Waals surface area contributed by atoms with Gasteiger partial charge >= 0.3 is 0 Å². The molecule has 0 saturated carbocycles. The van der Waals surface area contributed by atoms with Crippen LogP contribution >= 0.6 is 11.8 Å². The van der Waals surface area contributed by atoms with E-state index in [2.05, 4.69) is 54.1 Å². The van der Waals surface area contributed by atoms with Crippen molar-refractivity contribution < 1.29 is 13.9 Å². The van der Waals surface area contributed by atoms with Crippen LogP contribution in [0.15, 0.2) is 52.0 Å². The smallest absolute Gasteiger partial charge is 0.287 e. The molecule has 3 heterocycles. The first-order chi connectivity index (χ1) is 17.4. The van der Waals surface area contributed by atoms with Gasteiger partial charge in [0.05, 0.1) is 12.9 Å². The summed E-state index contributed by atoms with van der Waals surface area (Å²) in [6.07, 6.45) is 0.843. The lowest BCUT2D eigenvalue weighted by molar-refractivity contribution is 0.0920. The van der Waals surface area contributed by atoms with Crippen LogP contribution in [0.4, 0.5) is 11.5 Å². The number of anilines is 2. The zero-order chi connectivity index (χ0) is 25.5. The molecule has 3 aromatic rings. The predicted octanol–water partition coefficient (Wildman–Crippen LogP) is 4.65. The van der Waals surface area contributed by atoms with Crippen molar-refractivity contribution in [3.05, 3.63) is 59.7 Å². The maximum absolute atomic E-state index is 12.2. The number of hydrogen-bond acceptors (Lipinski definition) is 8. The number of thioether (sulfide) groups is 1. The second-order valence-corrected chi connectivity index (χ2v) is 10.1. The highest BCUT2D eigenvalue weighted by Gasteiger charge is 2.20. The molecule has 36 heavy (non-hydrogen) atoms. The lowest BCUT2D eigenvalue weighted by Gasteiger charge is -2.37. The molecule has 1 aromatic carbocycles. The summed E-state index contributed by atoms with van der Waals surface area (Å²) in [6, 6.07) is 13.9. The van der Waals surface area contributed by atoms with Crippen molar-refractivity contribution in [2.45, 2.75) is 38.1 Å². The topological polar surface area (TPSA) is 83.7 Å². The lowest BCUT2D eigenvalue weighted by atomic mass is 10.2. The Balaban J connectivity index is 1.36. The Kier molecular flexibility index (Phi) is 8.74. The number of methoxy groups -OCH3 is 1. The lowest BCUT2D eigenvalue weighted by Crippen LogP contribution is -2.46. The van der Waals surface area contributed by atoms with E-state index in [1.807, 2.05) is 18.2 Å². The fourth-order valence-corrected chi connectivity index (χ4v) is 4.72. The number of aryl methyl sites for hydroxylation is 1. The van der Waals surface area contributed by atoms with Gasteiger partial charge in [-0.05, 0) is 48.7 Å². The highest BCUT2D eigenvalue weighted by Crippen LogP contribution is 2.26. The van der Waals surface area contributed by atoms with Gasteiger partial charge in [-0.2, -0.15) is 0 Å². The number of benzene rings is 1. The van der Waals surface area contributed by atoms with E-state index in [1.54, 1.807) is 13.2 Å². The molecule has 0 aliphatic carbocycles. The highest BCUT2D eigenvalue weighted by molar-refractivity contribution is 7.98. The van der Waals surface area contributed by atoms with Crippen LogP contribution in [0.3, 0.4) is 0 Å². The second kappa shape index (κ2) is 12.2. The first-order valence-electron chi connectivity index (χ1n) is 12.5. The fourth-order valence-electron chi connectivity index (χ4n) is 3.95. The molecule has 9 heteroatoms. The Morgan fingerprint density at radius 2 is 1.81 bits per heavy atom. The van der Waals surface area contributed by atoms with Crippen LogP contribution in [0.5, 0.6) is 5.75 Å². The number of aromatic nitrogens is 2. The molecule has 0 unspecified atom stereocenters. The summed E-state index contributed by atoms with van der Waals surface area (Å²) in [5.41, 5.74) is 2.23. The van der Waals surface area contributed by atoms with Crippen LogP contribution in [-0.2, 0) is 12.2 Å². The molecule has 0 spiro atoms. The van der Waals surface area contributed by atoms with Gasteiger partial charge in [-0.25, -0.2) is 9.97 Å². The summed E-state index contributed by atoms with van der Waals surface area (Å²) < 4.78 is 11.0. The van der Waals surface area contributed by atoms with E-state index >= 15 is 0 Å². The van der Waals surface area contributed by atoms with Crippen molar-refractivity contribution in [1.82, 2.24) is 15.3 Å². The first kappa shape index (κ1) is 25.9. The molecule has 1 saturated heterocycles. The summed E-state index contributed by atoms with van der Waals surface area (Å²) in [7, 11) is 1.69. The zero-order valence-corrected chi connectivity index (χ0v) is 22.3. The zero-order valence-electron chi connectivity index (χ0n) is 21.5. The maximum Gasteiger partial charge on any atom is 0.287 e. The summed E-state index contributed by atoms with van der Waals surface area (Å²) in [5, 5.41) is 3.61. The quantitative estimate of drug-likeness (QED) is 0.313. The minimum Gasteiger partial charge on any atom is -0.497 e. The number of nitrogens with one attached hydrogen (secondary N) is 1. The number of furan rings is 1. The monoisotopic (exact) mass is 509 g/mol. The average molecular weight is 510 g/mol. The largest absolute Gasteiger partial charge is 0.497 e. The Morgan fingerprint density at radius 1 is 1.08 bits per heavy atom. The molecule has 1 fully saturated rings. The minimum atomic E-state index is -0.180. The number of hydrogen-bond donors (Lipinski definition) is 1. The molecule has 8 nitrogen and oxygen atoms in total. The number of rotatable bonds is 10. The Hall–Kier alpha value is -3.20. The van der Waals surface area contributed by atoms with Gasteiger partial charge in [0, 0.05) is 50.2 Å². The summed E-state index contributed by atoms with van der Waals surface area (Å²) in [6.45, 7) is 10.5. The normalized spacial score (nSPS) is 13.8. The SMILES string of the molecule is CCc1cc(N2CCN(c3ccc(OC)cc3)CC2)nc(SCc2ccc(C(=O)NCC(C)C)o2)n1. The minimum absolute atomic E-state index is 0.180. The van der Waals surface area contributed by atoms with Gasteiger partial charge < -0.3 is 24.3 Å². The van der Waals surface area contributed by atoms with Crippen LogP contribution in [0.2, 0.25) is 0 Å². The highest BCUT2D eigenvalue weighted by atomic mass is 32.2. The third kappa shape index (κ3) is 6.72. The standard InChI is InChI=1S/C27H35N5O3S/c1-5-20-16-25(32-14-12-31(13-15-32)21-6-8-22(34-4)9-7-21)30-27(29-20)36-18-23-10-11-24(35-23)26(33)28-17-19(2)3/h6-11,16,19H,5,12-15,17-18H2,1-4H3,(H,28,33). The summed E-state index contributed by atoms with van der Waals surface area (Å²) in [5.74, 6) is 3.68. The van der Waals surface area contributed by atoms with Gasteiger partial charge in [-0.3, -0.25) is 4.79 Å². The van der Waals surface area contributed by atoms with Gasteiger partial charge in [-0.15, -0.1) is 0 Å². The fraction of sp³-hybridized carbons (Fsp3) is 0.444. The van der Waals surface area contributed by atoms with E-state index in [4.69, 9.17) is 19.1 Å². The molecule has 1 aliphatic heterocycles. The van der Waals surface area contributed by atoms with Crippen molar-refractivity contribution >= 4 is 29.2 Å². The molecule has 1 N–H and O–H groups in total. The first-order valence-corrected chi connectivity index (χ1v) is 13.4. The van der Waals surface area contributed by atoms with E-state index in [-0.39, 0.29) is 5.91 Å². The maximum atomic E-state index is 12.2. The molecule has 0 radical (unpaired) electrons. The molecular weight excluding hydrogens is 474 g/mol. The van der Waals surface area contributed by atoms with Crippen molar-refractivity contribution in [2.24, 2.45) is 5.92 Å². The van der Waals surface area contributed by atoms with Gasteiger partial charge in [-0.1, -0.05) is 32.5 Å². The van der Waals surface area contributed by atoms with Gasteiger partial charge in [0.1, 0.15) is 17.3 Å². The third-order valence-corrected chi connectivity index (χ3v) is 6.92. The average Bonchev–Trinajstić information content (AvgIpc) is 3.40. The summed E-state index contributed by atoms with van der Waals surface area (Å²) >= 11 is 1.53. The Labute approximate surface area is 217 Å². The third-order valence-electron chi connectivity index (χ3n) is 6.05. The van der Waals surface area contributed by atoms with E-state index in [1.165, 1.54) is 17.4 Å². The molecule has 0 bridgehead atoms. The van der Waals surface area contributed by atoms with Crippen LogP contribution in [0.25, 0.3) is 0 Å². The molecule has 1 amide bonds. The van der Waals surface area contributed by atoms with Gasteiger partial charge in [0.25, 0.3) is 5.91 Å². The van der Waals surface area contributed by atoms with Crippen molar-refractivity contribution in [2.75, 3.05) is 49.6 Å². The van der Waals surface area contributed by atoms with Crippen molar-refractivity contribution in [3.63, 3.8) is 0 Å². The van der Waals surface area contributed by atoms with Crippen molar-refractivity contribution in [3.8, 4) is 5.75 Å². The Morgan fingerprint density at radius 3 is 2.47 bits per heavy atom. The number of ether oxygens (including phenoxy) is 1. The molecular formula is C27H35N5O3S. The molecule has 4 rings (SSSR count). The van der Waals surface area contributed by atoms with Gasteiger partial charge in [0.2, 0.25) is 0 Å². The number of carbonyl (C=O) groups excluding carboxylic acids is 1. The second-order valence-electron chi connectivity index (χ2n) is 9.18. The molecule has 2 aromatic heterocycles. The molecule has 192 valence electrons. The molecule has 0 atom stereocenters. The number of amides is 1. The number of carbonyl (C=O) groups is 1. The predicted molar refractivity (Wildman–Crippen MR) is 144 cm³/mol. The number of nitrogens with zero attached hydrogens (tertiary/aromatic N) is 4. The van der Waals surface area contributed by atoms with Crippen LogP contribution in [0.1, 0.15) is 42.8 Å². The van der Waals surface area contributed by atoms with E-state index < -0.39 is 0 Å².